The highest BCUT2D eigenvalue weighted by Gasteiger charge is 2.13. The summed E-state index contributed by atoms with van der Waals surface area (Å²) in [6, 6.07) is 0. The van der Waals surface area contributed by atoms with Gasteiger partial charge in [0.25, 0.3) is 0 Å². The minimum atomic E-state index is -0.708. The van der Waals surface area contributed by atoms with E-state index in [4.69, 9.17) is 5.11 Å². The zero-order valence-corrected chi connectivity index (χ0v) is 26.1. The number of hydrogen-bond acceptors (Lipinski definition) is 5. The first-order valence-electron chi connectivity index (χ1n) is 12.5. The highest BCUT2D eigenvalue weighted by Crippen LogP contribution is 2.08. The van der Waals surface area contributed by atoms with E-state index in [2.05, 4.69) is 0 Å². The summed E-state index contributed by atoms with van der Waals surface area (Å²) in [7, 11) is 0. The van der Waals surface area contributed by atoms with Crippen LogP contribution in [-0.4, -0.2) is 34.2 Å². The van der Waals surface area contributed by atoms with Crippen LogP contribution in [0.4, 0.5) is 0 Å². The van der Waals surface area contributed by atoms with Crippen molar-refractivity contribution in [1.29, 1.82) is 0 Å². The van der Waals surface area contributed by atoms with Gasteiger partial charge in [-0.25, -0.2) is 0 Å². The molecule has 0 rings (SSSR count). The van der Waals surface area contributed by atoms with Crippen LogP contribution in [-0.2, 0) is 24.0 Å². The normalized spacial score (nSPS) is 9.70. The van der Waals surface area contributed by atoms with Crippen molar-refractivity contribution in [2.45, 2.75) is 125 Å². The van der Waals surface area contributed by atoms with Crippen LogP contribution in [0.5, 0.6) is 0 Å². The Morgan fingerprint density at radius 1 is 0.703 bits per heavy atom. The fraction of sp³-hybridized carbons (Fsp3) is 0.710. The molecule has 0 fully saturated rings. The Labute approximate surface area is 229 Å². The Kier molecular flexibility index (Phi) is 36.4. The second-order valence-electron chi connectivity index (χ2n) is 10.4. The van der Waals surface area contributed by atoms with Gasteiger partial charge in [-0.1, -0.05) is 67.0 Å². The molecule has 0 aliphatic rings. The van der Waals surface area contributed by atoms with Crippen molar-refractivity contribution in [3.05, 3.63) is 22.8 Å². The molecule has 0 heterocycles. The van der Waals surface area contributed by atoms with Gasteiger partial charge in [-0.05, 0) is 85.8 Å². The molecule has 0 aliphatic carbocycles. The molecule has 0 amide bonds. The van der Waals surface area contributed by atoms with Crippen molar-refractivity contribution in [2.75, 3.05) is 0 Å². The van der Waals surface area contributed by atoms with Gasteiger partial charge in [0.2, 0.25) is 0 Å². The topological polar surface area (TPSA) is 106 Å². The maximum atomic E-state index is 10.5. The monoisotopic (exact) mass is 528 g/mol. The Balaban J connectivity index is -0.0000000809. The molecule has 1 atom stereocenters. The molecular weight excluding hydrogens is 468 g/mol. The van der Waals surface area contributed by atoms with Crippen molar-refractivity contribution < 1.29 is 29.1 Å². The molecule has 0 aromatic rings. The van der Waals surface area contributed by atoms with Crippen molar-refractivity contribution in [1.82, 2.24) is 0 Å². The number of ketones is 4. The third kappa shape index (κ3) is 51.2. The van der Waals surface area contributed by atoms with Gasteiger partial charge in [-0.2, -0.15) is 0 Å². The third-order valence-corrected chi connectivity index (χ3v) is 4.67. The number of hydrogen-bond donors (Lipinski definition) is 1. The van der Waals surface area contributed by atoms with Crippen LogP contribution < -0.4 is 0 Å². The van der Waals surface area contributed by atoms with E-state index in [1.54, 1.807) is 40.7 Å². The van der Waals surface area contributed by atoms with Gasteiger partial charge in [-0.15, -0.1) is 0 Å². The minimum Gasteiger partial charge on any atom is -0.481 e. The summed E-state index contributed by atoms with van der Waals surface area (Å²) < 4.78 is 0. The summed E-state index contributed by atoms with van der Waals surface area (Å²) in [5.41, 5.74) is 3.05. The highest BCUT2D eigenvalue weighted by molar-refractivity contribution is 5.93. The molecule has 0 bridgehead atoms. The molecule has 0 radical (unpaired) electrons. The molecule has 0 aliphatic heterocycles. The molecule has 0 spiro atoms. The van der Waals surface area contributed by atoms with E-state index in [-0.39, 0.29) is 48.3 Å². The van der Waals surface area contributed by atoms with Gasteiger partial charge in [0.1, 0.15) is 11.6 Å². The summed E-state index contributed by atoms with van der Waals surface area (Å²) in [6.07, 6.45) is 2.33. The predicted molar refractivity (Wildman–Crippen MR) is 159 cm³/mol. The number of rotatable bonds is 7. The van der Waals surface area contributed by atoms with Gasteiger partial charge in [0.05, 0.1) is 5.92 Å². The molecule has 6 nitrogen and oxygen atoms in total. The maximum Gasteiger partial charge on any atom is 0.306 e. The summed E-state index contributed by atoms with van der Waals surface area (Å²) in [5.74, 6) is 0.903. The molecule has 0 aromatic carbocycles. The van der Waals surface area contributed by atoms with E-state index in [0.717, 1.165) is 23.1 Å². The maximum absolute atomic E-state index is 10.5. The van der Waals surface area contributed by atoms with Crippen molar-refractivity contribution >= 4 is 29.1 Å². The van der Waals surface area contributed by atoms with E-state index in [9.17, 15) is 24.0 Å². The van der Waals surface area contributed by atoms with Crippen LogP contribution in [0.25, 0.3) is 0 Å². The lowest BCUT2D eigenvalue weighted by molar-refractivity contribution is -0.142. The van der Waals surface area contributed by atoms with Gasteiger partial charge in [0, 0.05) is 12.3 Å². The Morgan fingerprint density at radius 3 is 1.05 bits per heavy atom. The number of aliphatic carboxylic acids is 1. The molecule has 0 aromatic heterocycles. The zero-order valence-electron chi connectivity index (χ0n) is 26.1. The van der Waals surface area contributed by atoms with Crippen LogP contribution >= 0.6 is 0 Å². The largest absolute Gasteiger partial charge is 0.481 e. The van der Waals surface area contributed by atoms with Crippen LogP contribution in [0.1, 0.15) is 125 Å². The molecule has 1 unspecified atom stereocenters. The SMILES string of the molecule is C.CC(=O)C(C)=C(C)C.CC(=O)C(C)C.CC(=O)C=C(C)C.CC(=O)CC(C)C.CC(C)C(C)C(=O)O. The Bertz CT molecular complexity index is 714. The lowest BCUT2D eigenvalue weighted by atomic mass is 9.99. The van der Waals surface area contributed by atoms with E-state index in [1.807, 2.05) is 76.2 Å². The number of carboxylic acids is 1. The summed E-state index contributed by atoms with van der Waals surface area (Å²) in [6.45, 7) is 29.3. The zero-order chi connectivity index (χ0) is 30.3. The standard InChI is InChI=1S/C7H12O.C6H12O2.C6H12O.C6H10O.C5H10O.CH4/c1-5(2)6(3)7(4)8;1-4(2)5(3)6(7)8;2*1-5(2)4-6(3)7;1-4(2)5(3)6;/h1-4H3;4-5H,1-3H3,(H,7,8);5H,4H2,1-3H3;4H,1-3H3;4H,1-3H3;1H4. The van der Waals surface area contributed by atoms with E-state index in [0.29, 0.717) is 5.92 Å². The molecule has 0 saturated carbocycles. The van der Waals surface area contributed by atoms with E-state index < -0.39 is 5.97 Å². The van der Waals surface area contributed by atoms with Gasteiger partial charge >= 0.3 is 5.97 Å². The van der Waals surface area contributed by atoms with Gasteiger partial charge in [0.15, 0.2) is 11.6 Å². The second-order valence-corrected chi connectivity index (χ2v) is 10.4. The van der Waals surface area contributed by atoms with Crippen molar-refractivity contribution in [3.63, 3.8) is 0 Å². The van der Waals surface area contributed by atoms with Gasteiger partial charge in [-0.3, -0.25) is 19.2 Å². The van der Waals surface area contributed by atoms with Gasteiger partial charge < -0.3 is 9.90 Å². The van der Waals surface area contributed by atoms with E-state index >= 15 is 0 Å². The van der Waals surface area contributed by atoms with Crippen LogP contribution in [0.2, 0.25) is 0 Å². The Hall–Kier alpha value is -2.37. The lowest BCUT2D eigenvalue weighted by Gasteiger charge is -2.07. The van der Waals surface area contributed by atoms with Crippen LogP contribution in [0, 0.1) is 23.7 Å². The number of allylic oxidation sites excluding steroid dienone is 4. The van der Waals surface area contributed by atoms with Crippen LogP contribution in [0.3, 0.4) is 0 Å². The smallest absolute Gasteiger partial charge is 0.306 e. The lowest BCUT2D eigenvalue weighted by Crippen LogP contribution is -2.15. The molecular formula is C31H60O6. The average molecular weight is 529 g/mol. The molecule has 6 heteroatoms. The Morgan fingerprint density at radius 2 is 1.05 bits per heavy atom. The third-order valence-electron chi connectivity index (χ3n) is 4.67. The van der Waals surface area contributed by atoms with Crippen molar-refractivity contribution in [3.8, 4) is 0 Å². The first kappa shape index (κ1) is 47.8. The molecule has 37 heavy (non-hydrogen) atoms. The number of Topliss-reactive ketones (excluding diaryl/α,β-unsaturated/α-hetero) is 3. The number of carbonyl (C=O) groups is 5. The molecule has 1 N–H and O–H groups in total. The minimum absolute atomic E-state index is 0. The fourth-order valence-corrected chi connectivity index (χ4v) is 1.62. The summed E-state index contributed by atoms with van der Waals surface area (Å²) in [4.78, 5) is 51.2. The summed E-state index contributed by atoms with van der Waals surface area (Å²) in [5, 5.41) is 8.35. The predicted octanol–water partition coefficient (Wildman–Crippen LogP) is 8.33. The first-order valence-corrected chi connectivity index (χ1v) is 12.5. The second kappa shape index (κ2) is 28.2. The highest BCUT2D eigenvalue weighted by atomic mass is 16.4. The first-order chi connectivity index (χ1) is 16.0. The number of carboxylic acid groups (broad SMARTS) is 1. The average Bonchev–Trinajstić information content (AvgIpc) is 2.65. The summed E-state index contributed by atoms with van der Waals surface area (Å²) >= 11 is 0. The van der Waals surface area contributed by atoms with E-state index in [1.165, 1.54) is 0 Å². The van der Waals surface area contributed by atoms with Crippen LogP contribution in [0.15, 0.2) is 22.8 Å². The fourth-order valence-electron chi connectivity index (χ4n) is 1.62. The number of carbonyl (C=O) groups excluding carboxylic acids is 4. The van der Waals surface area contributed by atoms with Crippen molar-refractivity contribution in [2.24, 2.45) is 23.7 Å². The quantitative estimate of drug-likeness (QED) is 0.333. The molecule has 220 valence electrons. The molecule has 0 saturated heterocycles.